The Bertz CT molecular complexity index is 459. The molecule has 0 unspecified atom stereocenters. The van der Waals surface area contributed by atoms with Gasteiger partial charge < -0.3 is 4.98 Å². The standard InChI is InChI=1S/C7H7N3OS/c11-7-5-2-1-3-10(5)9-6(4-12)8-7/h1-3,12H,4H2,(H,8,9,11). The zero-order valence-corrected chi connectivity index (χ0v) is 7.08. The van der Waals surface area contributed by atoms with Crippen molar-refractivity contribution in [3.63, 3.8) is 0 Å². The number of hydrogen-bond donors (Lipinski definition) is 2. The van der Waals surface area contributed by atoms with Crippen molar-refractivity contribution in [2.75, 3.05) is 0 Å². The number of rotatable bonds is 1. The van der Waals surface area contributed by atoms with Crippen LogP contribution in [0, 0.1) is 0 Å². The number of thiol groups is 1. The van der Waals surface area contributed by atoms with E-state index in [0.29, 0.717) is 17.1 Å². The van der Waals surface area contributed by atoms with E-state index in [0.717, 1.165) is 0 Å². The first-order valence-electron chi connectivity index (χ1n) is 3.48. The van der Waals surface area contributed by atoms with Crippen molar-refractivity contribution in [1.29, 1.82) is 0 Å². The van der Waals surface area contributed by atoms with Gasteiger partial charge in [-0.1, -0.05) is 0 Å². The Labute approximate surface area is 73.6 Å². The highest BCUT2D eigenvalue weighted by Crippen LogP contribution is 1.96. The number of hydrogen-bond acceptors (Lipinski definition) is 3. The number of nitrogens with one attached hydrogen (secondary N) is 1. The van der Waals surface area contributed by atoms with Crippen LogP contribution < -0.4 is 5.56 Å². The molecular weight excluding hydrogens is 174 g/mol. The predicted molar refractivity (Wildman–Crippen MR) is 48.5 cm³/mol. The number of H-pyrrole nitrogens is 1. The normalized spacial score (nSPS) is 10.8. The molecule has 0 fully saturated rings. The van der Waals surface area contributed by atoms with Gasteiger partial charge in [0.2, 0.25) is 0 Å². The van der Waals surface area contributed by atoms with Gasteiger partial charge in [-0.25, -0.2) is 4.52 Å². The maximum Gasteiger partial charge on any atom is 0.275 e. The molecule has 0 aliphatic carbocycles. The molecule has 12 heavy (non-hydrogen) atoms. The summed E-state index contributed by atoms with van der Waals surface area (Å²) in [6.45, 7) is 0. The monoisotopic (exact) mass is 181 g/mol. The van der Waals surface area contributed by atoms with Crippen LogP contribution in [0.5, 0.6) is 0 Å². The molecule has 0 saturated heterocycles. The minimum Gasteiger partial charge on any atom is -0.307 e. The van der Waals surface area contributed by atoms with Crippen molar-refractivity contribution in [2.24, 2.45) is 0 Å². The lowest BCUT2D eigenvalue weighted by molar-refractivity contribution is 0.836. The third-order valence-electron chi connectivity index (χ3n) is 1.60. The van der Waals surface area contributed by atoms with Gasteiger partial charge in [-0.3, -0.25) is 4.79 Å². The summed E-state index contributed by atoms with van der Waals surface area (Å²) in [4.78, 5) is 13.9. The fraction of sp³-hybridized carbons (Fsp3) is 0.143. The van der Waals surface area contributed by atoms with Crippen LogP contribution in [-0.2, 0) is 5.75 Å². The van der Waals surface area contributed by atoms with Crippen molar-refractivity contribution in [2.45, 2.75) is 5.75 Å². The van der Waals surface area contributed by atoms with Crippen LogP contribution in [0.3, 0.4) is 0 Å². The van der Waals surface area contributed by atoms with Crippen LogP contribution in [0.2, 0.25) is 0 Å². The predicted octanol–water partition coefficient (Wildman–Crippen LogP) is 0.452. The van der Waals surface area contributed by atoms with E-state index < -0.39 is 0 Å². The first-order valence-corrected chi connectivity index (χ1v) is 4.12. The first-order chi connectivity index (χ1) is 5.81. The zero-order valence-electron chi connectivity index (χ0n) is 6.19. The summed E-state index contributed by atoms with van der Waals surface area (Å²) >= 11 is 4.02. The Hall–Kier alpha value is -1.23. The lowest BCUT2D eigenvalue weighted by Crippen LogP contribution is -2.14. The van der Waals surface area contributed by atoms with Crippen molar-refractivity contribution in [1.82, 2.24) is 14.6 Å². The van der Waals surface area contributed by atoms with E-state index >= 15 is 0 Å². The van der Waals surface area contributed by atoms with E-state index in [-0.39, 0.29) is 5.56 Å². The van der Waals surface area contributed by atoms with E-state index in [1.54, 1.807) is 22.8 Å². The molecule has 0 aromatic carbocycles. The molecule has 0 amide bonds. The van der Waals surface area contributed by atoms with Crippen molar-refractivity contribution in [3.05, 3.63) is 34.5 Å². The molecule has 0 spiro atoms. The molecule has 5 heteroatoms. The van der Waals surface area contributed by atoms with Gasteiger partial charge in [0.1, 0.15) is 11.3 Å². The summed E-state index contributed by atoms with van der Waals surface area (Å²) in [5.74, 6) is 1.01. The van der Waals surface area contributed by atoms with E-state index in [4.69, 9.17) is 0 Å². The Kier molecular flexibility index (Phi) is 1.65. The third kappa shape index (κ3) is 1.02. The molecule has 62 valence electrons. The fourth-order valence-corrected chi connectivity index (χ4v) is 1.20. The third-order valence-corrected chi connectivity index (χ3v) is 1.90. The first kappa shape index (κ1) is 7.42. The van der Waals surface area contributed by atoms with Gasteiger partial charge in [-0.15, -0.1) is 0 Å². The molecule has 0 aliphatic rings. The smallest absolute Gasteiger partial charge is 0.275 e. The van der Waals surface area contributed by atoms with E-state index in [9.17, 15) is 4.79 Å². The van der Waals surface area contributed by atoms with Crippen molar-refractivity contribution >= 4 is 18.1 Å². The van der Waals surface area contributed by atoms with Crippen LogP contribution in [0.15, 0.2) is 23.1 Å². The van der Waals surface area contributed by atoms with E-state index in [1.807, 2.05) is 0 Å². The second-order valence-electron chi connectivity index (χ2n) is 2.40. The molecule has 1 N–H and O–H groups in total. The van der Waals surface area contributed by atoms with Gasteiger partial charge in [0.25, 0.3) is 5.56 Å². The molecule has 4 nitrogen and oxygen atoms in total. The SMILES string of the molecule is O=c1[nH]c(CS)nn2cccc12. The maximum atomic E-state index is 11.3. The number of fused-ring (bicyclic) bond motifs is 1. The molecule has 2 aromatic heterocycles. The quantitative estimate of drug-likeness (QED) is 0.628. The molecule has 2 heterocycles. The second-order valence-corrected chi connectivity index (χ2v) is 2.71. The highest BCUT2D eigenvalue weighted by Gasteiger charge is 1.99. The molecule has 2 rings (SSSR count). The van der Waals surface area contributed by atoms with Crippen LogP contribution in [0.4, 0.5) is 0 Å². The van der Waals surface area contributed by atoms with Crippen LogP contribution in [-0.4, -0.2) is 14.6 Å². The van der Waals surface area contributed by atoms with Gasteiger partial charge in [-0.2, -0.15) is 17.7 Å². The second kappa shape index (κ2) is 2.67. The maximum absolute atomic E-state index is 11.3. The lowest BCUT2D eigenvalue weighted by atomic mass is 10.5. The molecule has 2 aromatic rings. The topological polar surface area (TPSA) is 50.2 Å². The minimum atomic E-state index is -0.126. The summed E-state index contributed by atoms with van der Waals surface area (Å²) in [6, 6.07) is 3.49. The average molecular weight is 181 g/mol. The largest absolute Gasteiger partial charge is 0.307 e. The fourth-order valence-electron chi connectivity index (χ4n) is 1.06. The van der Waals surface area contributed by atoms with Crippen LogP contribution in [0.1, 0.15) is 5.82 Å². The number of aromatic amines is 1. The summed E-state index contributed by atoms with van der Waals surface area (Å²) in [5, 5.41) is 4.10. The number of nitrogens with zero attached hydrogens (tertiary/aromatic N) is 2. The van der Waals surface area contributed by atoms with Crippen molar-refractivity contribution in [3.8, 4) is 0 Å². The van der Waals surface area contributed by atoms with Gasteiger partial charge in [0.15, 0.2) is 0 Å². The van der Waals surface area contributed by atoms with E-state index in [1.165, 1.54) is 0 Å². The summed E-state index contributed by atoms with van der Waals surface area (Å²) in [7, 11) is 0. The van der Waals surface area contributed by atoms with Gasteiger partial charge >= 0.3 is 0 Å². The Morgan fingerprint density at radius 1 is 1.67 bits per heavy atom. The van der Waals surface area contributed by atoms with Crippen LogP contribution >= 0.6 is 12.6 Å². The molecule has 0 atom stereocenters. The molecular formula is C7H7N3OS. The average Bonchev–Trinajstić information content (AvgIpc) is 2.52. The molecule has 0 saturated carbocycles. The Morgan fingerprint density at radius 3 is 3.25 bits per heavy atom. The molecule has 0 radical (unpaired) electrons. The minimum absolute atomic E-state index is 0.126. The summed E-state index contributed by atoms with van der Waals surface area (Å²) in [5.41, 5.74) is 0.430. The van der Waals surface area contributed by atoms with Gasteiger partial charge in [0.05, 0.1) is 5.75 Å². The Balaban J connectivity index is 2.84. The molecule has 0 aliphatic heterocycles. The highest BCUT2D eigenvalue weighted by atomic mass is 32.1. The van der Waals surface area contributed by atoms with Crippen molar-refractivity contribution < 1.29 is 0 Å². The Morgan fingerprint density at radius 2 is 2.50 bits per heavy atom. The van der Waals surface area contributed by atoms with Crippen LogP contribution in [0.25, 0.3) is 5.52 Å². The van der Waals surface area contributed by atoms with Gasteiger partial charge in [-0.05, 0) is 12.1 Å². The summed E-state index contributed by atoms with van der Waals surface area (Å²) < 4.78 is 1.55. The lowest BCUT2D eigenvalue weighted by Gasteiger charge is -1.96. The zero-order chi connectivity index (χ0) is 8.55. The molecule has 0 bridgehead atoms. The number of aromatic nitrogens is 3. The van der Waals surface area contributed by atoms with Gasteiger partial charge in [0, 0.05) is 6.20 Å². The van der Waals surface area contributed by atoms with E-state index in [2.05, 4.69) is 22.7 Å². The summed E-state index contributed by atoms with van der Waals surface area (Å²) in [6.07, 6.45) is 1.73. The highest BCUT2D eigenvalue weighted by molar-refractivity contribution is 7.79.